The summed E-state index contributed by atoms with van der Waals surface area (Å²) in [5.41, 5.74) is 13.0. The number of carbonyl (C=O) groups excluding carboxylic acids is 4. The van der Waals surface area contributed by atoms with Crippen LogP contribution in [0.15, 0.2) is 48.5 Å². The van der Waals surface area contributed by atoms with Crippen LogP contribution in [0.1, 0.15) is 84.8 Å². The largest absolute Gasteiger partial charge is 0.385 e. The zero-order valence-electron chi connectivity index (χ0n) is 29.7. The van der Waals surface area contributed by atoms with Gasteiger partial charge in [0.1, 0.15) is 6.04 Å². The number of nitrogens with two attached hydrogens (primary N) is 1. The van der Waals surface area contributed by atoms with E-state index in [1.807, 2.05) is 24.3 Å². The Bertz CT molecular complexity index is 2010. The fourth-order valence-corrected chi connectivity index (χ4v) is 7.33. The van der Waals surface area contributed by atoms with E-state index < -0.39 is 11.9 Å². The van der Waals surface area contributed by atoms with Gasteiger partial charge in [0, 0.05) is 61.4 Å². The van der Waals surface area contributed by atoms with E-state index in [0.29, 0.717) is 49.8 Å². The molecule has 0 bridgehead atoms. The van der Waals surface area contributed by atoms with Crippen LogP contribution in [0, 0.1) is 0 Å². The lowest BCUT2D eigenvalue weighted by atomic mass is 10.0. The molecule has 7 rings (SSSR count). The molecule has 0 spiro atoms. The molecule has 0 saturated carbocycles. The first-order chi connectivity index (χ1) is 25.9. The fraction of sp³-hybridized carbons (Fsp3) is 0.421. The molecule has 2 aromatic carbocycles. The van der Waals surface area contributed by atoms with E-state index in [2.05, 4.69) is 59.7 Å². The summed E-state index contributed by atoms with van der Waals surface area (Å²) in [6.07, 6.45) is 8.72. The Morgan fingerprint density at radius 1 is 0.868 bits per heavy atom. The van der Waals surface area contributed by atoms with E-state index in [0.717, 1.165) is 86.0 Å². The van der Waals surface area contributed by atoms with Crippen molar-refractivity contribution in [2.24, 2.45) is 0 Å². The number of anilines is 3. The maximum absolute atomic E-state index is 13.0. The SMILES string of the molecule is Nc1nc(NCCNC(=O)CCCCCCCNc2cccc3c2CN(C2CCC(=O)NC2=O)C3=O)nn1-c1cc2c(nn1)-c1ccccc1CCC2. The summed E-state index contributed by atoms with van der Waals surface area (Å²) in [6.45, 7) is 1.98. The van der Waals surface area contributed by atoms with Crippen molar-refractivity contribution in [3.05, 3.63) is 70.8 Å². The molecule has 1 aliphatic carbocycles. The number of aryl methyl sites for hydroxylation is 2. The molecule has 4 aromatic rings. The molecule has 2 aliphatic heterocycles. The summed E-state index contributed by atoms with van der Waals surface area (Å²) in [4.78, 5) is 55.2. The van der Waals surface area contributed by atoms with Crippen molar-refractivity contribution in [2.45, 2.75) is 83.2 Å². The Kier molecular flexibility index (Phi) is 10.9. The van der Waals surface area contributed by atoms with Gasteiger partial charge in [0.15, 0.2) is 5.82 Å². The molecule has 4 amide bonds. The number of imide groups is 1. The molecule has 3 aliphatic rings. The van der Waals surface area contributed by atoms with E-state index in [1.54, 1.807) is 11.0 Å². The maximum Gasteiger partial charge on any atom is 0.255 e. The summed E-state index contributed by atoms with van der Waals surface area (Å²) in [5.74, 6) is 0.203. The predicted octanol–water partition coefficient (Wildman–Crippen LogP) is 3.54. The Labute approximate surface area is 307 Å². The number of rotatable bonds is 15. The van der Waals surface area contributed by atoms with Crippen LogP contribution in [-0.4, -0.2) is 79.2 Å². The van der Waals surface area contributed by atoms with Gasteiger partial charge in [-0.3, -0.25) is 24.5 Å². The van der Waals surface area contributed by atoms with Crippen molar-refractivity contribution in [3.8, 4) is 17.1 Å². The molecule has 276 valence electrons. The molecule has 1 atom stereocenters. The van der Waals surface area contributed by atoms with E-state index in [-0.39, 0.29) is 30.1 Å². The Morgan fingerprint density at radius 2 is 1.68 bits per heavy atom. The first kappa shape index (κ1) is 35.5. The van der Waals surface area contributed by atoms with E-state index in [9.17, 15) is 19.2 Å². The van der Waals surface area contributed by atoms with Crippen LogP contribution in [-0.2, 0) is 33.8 Å². The molecule has 1 unspecified atom stereocenters. The Hall–Kier alpha value is -5.86. The third-order valence-corrected chi connectivity index (χ3v) is 10.1. The van der Waals surface area contributed by atoms with Gasteiger partial charge in [-0.05, 0) is 67.9 Å². The summed E-state index contributed by atoms with van der Waals surface area (Å²) >= 11 is 0. The normalized spacial score (nSPS) is 16.3. The quantitative estimate of drug-likeness (QED) is 0.0889. The fourth-order valence-electron chi connectivity index (χ4n) is 7.33. The van der Waals surface area contributed by atoms with Gasteiger partial charge in [0.25, 0.3) is 5.91 Å². The Balaban J connectivity index is 0.769. The molecule has 15 heteroatoms. The average Bonchev–Trinajstić information content (AvgIpc) is 3.63. The summed E-state index contributed by atoms with van der Waals surface area (Å²) in [6, 6.07) is 15.3. The van der Waals surface area contributed by atoms with Gasteiger partial charge < -0.3 is 26.6 Å². The van der Waals surface area contributed by atoms with Gasteiger partial charge >= 0.3 is 0 Å². The molecule has 15 nitrogen and oxygen atoms in total. The molecule has 0 radical (unpaired) electrons. The summed E-state index contributed by atoms with van der Waals surface area (Å²) in [5, 5.41) is 25.3. The van der Waals surface area contributed by atoms with Gasteiger partial charge in [0.2, 0.25) is 29.6 Å². The number of amides is 4. The molecule has 6 N–H and O–H groups in total. The van der Waals surface area contributed by atoms with E-state index in [1.165, 1.54) is 10.2 Å². The van der Waals surface area contributed by atoms with Crippen LogP contribution in [0.5, 0.6) is 0 Å². The van der Waals surface area contributed by atoms with Crippen LogP contribution in [0.4, 0.5) is 17.6 Å². The van der Waals surface area contributed by atoms with E-state index in [4.69, 9.17) is 5.73 Å². The lowest BCUT2D eigenvalue weighted by Crippen LogP contribution is -2.52. The summed E-state index contributed by atoms with van der Waals surface area (Å²) in [7, 11) is 0. The zero-order chi connectivity index (χ0) is 36.7. The molecule has 2 aromatic heterocycles. The van der Waals surface area contributed by atoms with Gasteiger partial charge in [0.05, 0.1) is 5.69 Å². The second-order valence-electron chi connectivity index (χ2n) is 13.7. The topological polar surface area (TPSA) is 202 Å². The highest BCUT2D eigenvalue weighted by atomic mass is 16.2. The second-order valence-corrected chi connectivity index (χ2v) is 13.7. The molecular formula is C38H45N11O4. The number of nitrogens with one attached hydrogen (secondary N) is 4. The average molecular weight is 720 g/mol. The van der Waals surface area contributed by atoms with Gasteiger partial charge in [-0.25, -0.2) is 0 Å². The monoisotopic (exact) mass is 719 g/mol. The van der Waals surface area contributed by atoms with Gasteiger partial charge in [-0.1, -0.05) is 49.6 Å². The first-order valence-corrected chi connectivity index (χ1v) is 18.5. The minimum atomic E-state index is -0.626. The minimum absolute atomic E-state index is 0.00660. The third-order valence-electron chi connectivity index (χ3n) is 10.1. The molecule has 1 fully saturated rings. The standard InChI is InChI=1S/C38H45N11O4/c39-37-44-38(47-49(37)31-22-25-12-8-11-24-10-5-6-13-26(24)34(25)46-45-31)42-21-20-41-32(50)16-4-2-1-3-7-19-40-29-15-9-14-27-28(29)23-48(36(27)53)30-17-18-33(51)43-35(30)52/h5-6,9-10,13-15,22,30,40H,1-4,7-8,11-12,16-21,23H2,(H,41,50)(H,43,51,52)(H3,39,42,44,47). The number of nitrogens with zero attached hydrogens (tertiary/aromatic N) is 6. The highest BCUT2D eigenvalue weighted by Crippen LogP contribution is 2.33. The number of hydrogen-bond acceptors (Lipinski definition) is 11. The van der Waals surface area contributed by atoms with Crippen LogP contribution < -0.4 is 27.0 Å². The lowest BCUT2D eigenvalue weighted by molar-refractivity contribution is -0.137. The van der Waals surface area contributed by atoms with Crippen molar-refractivity contribution >= 4 is 41.2 Å². The van der Waals surface area contributed by atoms with Crippen LogP contribution in [0.2, 0.25) is 0 Å². The van der Waals surface area contributed by atoms with Crippen molar-refractivity contribution in [3.63, 3.8) is 0 Å². The minimum Gasteiger partial charge on any atom is -0.385 e. The number of aromatic nitrogens is 5. The lowest BCUT2D eigenvalue weighted by Gasteiger charge is -2.29. The third kappa shape index (κ3) is 8.13. The van der Waals surface area contributed by atoms with Crippen molar-refractivity contribution < 1.29 is 19.2 Å². The number of fused-ring (bicyclic) bond motifs is 4. The molecule has 4 heterocycles. The van der Waals surface area contributed by atoms with E-state index >= 15 is 0 Å². The number of piperidine rings is 1. The molecule has 53 heavy (non-hydrogen) atoms. The second kappa shape index (κ2) is 16.2. The first-order valence-electron chi connectivity index (χ1n) is 18.5. The predicted molar refractivity (Wildman–Crippen MR) is 199 cm³/mol. The van der Waals surface area contributed by atoms with Gasteiger partial charge in [-0.2, -0.15) is 9.67 Å². The highest BCUT2D eigenvalue weighted by Gasteiger charge is 2.39. The van der Waals surface area contributed by atoms with Crippen LogP contribution in [0.3, 0.4) is 0 Å². The van der Waals surface area contributed by atoms with Crippen molar-refractivity contribution in [1.29, 1.82) is 0 Å². The van der Waals surface area contributed by atoms with Crippen molar-refractivity contribution in [2.75, 3.05) is 36.0 Å². The Morgan fingerprint density at radius 3 is 2.57 bits per heavy atom. The number of carbonyl (C=O) groups is 4. The number of hydrogen-bond donors (Lipinski definition) is 5. The van der Waals surface area contributed by atoms with Crippen LogP contribution >= 0.6 is 0 Å². The van der Waals surface area contributed by atoms with Gasteiger partial charge in [-0.15, -0.1) is 15.3 Å². The smallest absolute Gasteiger partial charge is 0.255 e. The number of unbranched alkanes of at least 4 members (excludes halogenated alkanes) is 4. The number of nitrogen functional groups attached to an aromatic ring is 1. The summed E-state index contributed by atoms with van der Waals surface area (Å²) < 4.78 is 1.48. The maximum atomic E-state index is 13.0. The highest BCUT2D eigenvalue weighted by molar-refractivity contribution is 6.06. The molecular weight excluding hydrogens is 674 g/mol. The number of benzene rings is 2. The zero-order valence-corrected chi connectivity index (χ0v) is 29.7. The van der Waals surface area contributed by atoms with Crippen molar-refractivity contribution in [1.82, 2.24) is 40.5 Å². The van der Waals surface area contributed by atoms with Crippen LogP contribution in [0.25, 0.3) is 17.1 Å². The molecule has 1 saturated heterocycles.